The van der Waals surface area contributed by atoms with Gasteiger partial charge in [0.15, 0.2) is 0 Å². The highest BCUT2D eigenvalue weighted by Crippen LogP contribution is 2.51. The van der Waals surface area contributed by atoms with Crippen molar-refractivity contribution < 1.29 is 22.4 Å². The van der Waals surface area contributed by atoms with Crippen molar-refractivity contribution in [3.05, 3.63) is 96.1 Å². The maximum absolute atomic E-state index is 14.0. The van der Waals surface area contributed by atoms with Crippen LogP contribution >= 0.6 is 7.60 Å². The van der Waals surface area contributed by atoms with Crippen molar-refractivity contribution in [2.75, 3.05) is 0 Å². The molecular weight excluding hydrogens is 345 g/mol. The van der Waals surface area contributed by atoms with Gasteiger partial charge in [0.1, 0.15) is 29.3 Å². The van der Waals surface area contributed by atoms with Gasteiger partial charge in [0.2, 0.25) is 0 Å². The fourth-order valence-corrected chi connectivity index (χ4v) is 3.95. The smallest absolute Gasteiger partial charge is 0.416 e. The Morgan fingerprint density at radius 2 is 1.28 bits per heavy atom. The number of hydrogen-bond acceptors (Lipinski definition) is 3. The highest BCUT2D eigenvalue weighted by atomic mass is 31.2. The summed E-state index contributed by atoms with van der Waals surface area (Å²) in [5.74, 6) is -0.828. The Bertz CT molecular complexity index is 840. The summed E-state index contributed by atoms with van der Waals surface area (Å²) in [5.41, 5.74) is 0.0524. The molecule has 0 spiro atoms. The Morgan fingerprint density at radius 1 is 0.760 bits per heavy atom. The standard InChI is InChI=1S/C19H15F2O3P/c20-16-12-11-15(19(21)13-16)14-25(22,23-17-7-3-1-4-8-17)24-18-9-5-2-6-10-18/h1-13H,14H2. The first-order valence-corrected chi connectivity index (χ1v) is 9.29. The lowest BCUT2D eigenvalue weighted by Gasteiger charge is -2.20. The average Bonchev–Trinajstić information content (AvgIpc) is 2.59. The predicted octanol–water partition coefficient (Wildman–Crippen LogP) is 5.82. The Hall–Kier alpha value is -2.65. The summed E-state index contributed by atoms with van der Waals surface area (Å²) in [7, 11) is -3.79. The van der Waals surface area contributed by atoms with E-state index in [1.165, 1.54) is 6.07 Å². The van der Waals surface area contributed by atoms with Crippen molar-refractivity contribution in [3.8, 4) is 11.5 Å². The Morgan fingerprint density at radius 3 is 1.76 bits per heavy atom. The van der Waals surface area contributed by atoms with E-state index < -0.39 is 19.2 Å². The highest BCUT2D eigenvalue weighted by molar-refractivity contribution is 7.53. The van der Waals surface area contributed by atoms with Gasteiger partial charge in [-0.05, 0) is 30.3 Å². The fraction of sp³-hybridized carbons (Fsp3) is 0.0526. The molecule has 6 heteroatoms. The third-order valence-corrected chi connectivity index (χ3v) is 5.06. The number of para-hydroxylation sites is 2. The summed E-state index contributed by atoms with van der Waals surface area (Å²) in [4.78, 5) is 0. The maximum Gasteiger partial charge on any atom is 0.435 e. The van der Waals surface area contributed by atoms with Crippen LogP contribution in [0.4, 0.5) is 8.78 Å². The molecule has 0 unspecified atom stereocenters. The molecule has 25 heavy (non-hydrogen) atoms. The minimum absolute atomic E-state index is 0.0524. The molecule has 0 heterocycles. The van der Waals surface area contributed by atoms with Crippen LogP contribution in [0.25, 0.3) is 0 Å². The predicted molar refractivity (Wildman–Crippen MR) is 91.8 cm³/mol. The maximum atomic E-state index is 14.0. The van der Waals surface area contributed by atoms with Crippen LogP contribution < -0.4 is 9.05 Å². The molecule has 0 aliphatic rings. The van der Waals surface area contributed by atoms with Crippen LogP contribution in [0.1, 0.15) is 5.56 Å². The van der Waals surface area contributed by atoms with Crippen LogP contribution in [0.15, 0.2) is 78.9 Å². The molecule has 3 aromatic carbocycles. The van der Waals surface area contributed by atoms with Gasteiger partial charge in [-0.3, -0.25) is 0 Å². The van der Waals surface area contributed by atoms with Crippen molar-refractivity contribution >= 4 is 7.60 Å². The SMILES string of the molecule is O=P(Cc1ccc(F)cc1F)(Oc1ccccc1)Oc1ccccc1. The summed E-state index contributed by atoms with van der Waals surface area (Å²) in [6.07, 6.45) is -0.330. The summed E-state index contributed by atoms with van der Waals surface area (Å²) in [6.45, 7) is 0. The average molecular weight is 360 g/mol. The summed E-state index contributed by atoms with van der Waals surface area (Å²) in [5, 5.41) is 0. The minimum Gasteiger partial charge on any atom is -0.416 e. The number of rotatable bonds is 6. The van der Waals surface area contributed by atoms with Gasteiger partial charge in [-0.25, -0.2) is 13.3 Å². The lowest BCUT2D eigenvalue weighted by Crippen LogP contribution is -2.05. The molecule has 128 valence electrons. The van der Waals surface area contributed by atoms with E-state index in [2.05, 4.69) is 0 Å². The highest BCUT2D eigenvalue weighted by Gasteiger charge is 2.30. The molecule has 0 saturated heterocycles. The van der Waals surface area contributed by atoms with Gasteiger partial charge in [0, 0.05) is 11.6 Å². The molecule has 0 aliphatic heterocycles. The zero-order valence-corrected chi connectivity index (χ0v) is 14.0. The molecule has 0 atom stereocenters. The molecule has 3 aromatic rings. The van der Waals surface area contributed by atoms with E-state index in [9.17, 15) is 13.3 Å². The lowest BCUT2D eigenvalue weighted by molar-refractivity contribution is 0.383. The van der Waals surface area contributed by atoms with Gasteiger partial charge < -0.3 is 9.05 Å². The van der Waals surface area contributed by atoms with Crippen molar-refractivity contribution in [1.82, 2.24) is 0 Å². The van der Waals surface area contributed by atoms with Crippen LogP contribution in [0.3, 0.4) is 0 Å². The number of benzene rings is 3. The van der Waals surface area contributed by atoms with Gasteiger partial charge in [-0.1, -0.05) is 42.5 Å². The van der Waals surface area contributed by atoms with E-state index in [-0.39, 0.29) is 11.7 Å². The van der Waals surface area contributed by atoms with Gasteiger partial charge in [-0.2, -0.15) is 0 Å². The van der Waals surface area contributed by atoms with Crippen molar-refractivity contribution in [2.45, 2.75) is 6.16 Å². The quantitative estimate of drug-likeness (QED) is 0.520. The number of halogens is 2. The Balaban J connectivity index is 1.91. The summed E-state index contributed by atoms with van der Waals surface area (Å²) >= 11 is 0. The van der Waals surface area contributed by atoms with Crippen LogP contribution in [0.2, 0.25) is 0 Å². The lowest BCUT2D eigenvalue weighted by atomic mass is 10.2. The van der Waals surface area contributed by atoms with Crippen LogP contribution in [-0.4, -0.2) is 0 Å². The van der Waals surface area contributed by atoms with E-state index in [1.807, 2.05) is 0 Å². The first kappa shape index (κ1) is 17.2. The zero-order valence-electron chi connectivity index (χ0n) is 13.1. The molecule has 0 aromatic heterocycles. The number of hydrogen-bond donors (Lipinski definition) is 0. The van der Waals surface area contributed by atoms with Crippen LogP contribution in [0, 0.1) is 11.6 Å². The first-order valence-electron chi connectivity index (χ1n) is 7.56. The van der Waals surface area contributed by atoms with Crippen molar-refractivity contribution in [3.63, 3.8) is 0 Å². The van der Waals surface area contributed by atoms with Gasteiger partial charge >= 0.3 is 7.60 Å². The second-order valence-corrected chi connectivity index (χ2v) is 7.22. The summed E-state index contributed by atoms with van der Waals surface area (Å²) < 4.78 is 51.5. The fourth-order valence-electron chi connectivity index (χ4n) is 2.23. The molecule has 3 nitrogen and oxygen atoms in total. The summed E-state index contributed by atoms with van der Waals surface area (Å²) in [6, 6.07) is 20.1. The second-order valence-electron chi connectivity index (χ2n) is 5.31. The Labute approximate surface area is 144 Å². The molecule has 0 bridgehead atoms. The largest absolute Gasteiger partial charge is 0.435 e. The van der Waals surface area contributed by atoms with Crippen LogP contribution in [0.5, 0.6) is 11.5 Å². The monoisotopic (exact) mass is 360 g/mol. The van der Waals surface area contributed by atoms with Crippen LogP contribution in [-0.2, 0) is 10.7 Å². The molecule has 0 saturated carbocycles. The molecule has 0 radical (unpaired) electrons. The normalized spacial score (nSPS) is 11.1. The zero-order chi connectivity index (χ0) is 17.7. The van der Waals surface area contributed by atoms with Gasteiger partial charge in [0.25, 0.3) is 0 Å². The Kier molecular flexibility index (Phi) is 5.15. The van der Waals surface area contributed by atoms with Gasteiger partial charge in [0.05, 0.1) is 0 Å². The van der Waals surface area contributed by atoms with Crippen molar-refractivity contribution in [1.29, 1.82) is 0 Å². The first-order chi connectivity index (χ1) is 12.0. The van der Waals surface area contributed by atoms with E-state index in [0.29, 0.717) is 11.5 Å². The molecule has 0 aliphatic carbocycles. The second kappa shape index (κ2) is 7.49. The van der Waals surface area contributed by atoms with E-state index in [0.717, 1.165) is 12.1 Å². The topological polar surface area (TPSA) is 35.5 Å². The molecule has 0 fully saturated rings. The molecule has 0 N–H and O–H groups in total. The molecule has 3 rings (SSSR count). The molecule has 0 amide bonds. The van der Waals surface area contributed by atoms with E-state index in [1.54, 1.807) is 60.7 Å². The van der Waals surface area contributed by atoms with E-state index >= 15 is 0 Å². The third kappa shape index (κ3) is 4.68. The third-order valence-electron chi connectivity index (χ3n) is 3.35. The van der Waals surface area contributed by atoms with Gasteiger partial charge in [-0.15, -0.1) is 0 Å². The van der Waals surface area contributed by atoms with E-state index in [4.69, 9.17) is 9.05 Å². The minimum atomic E-state index is -3.79. The molecular formula is C19H15F2O3P. The van der Waals surface area contributed by atoms with Crippen molar-refractivity contribution in [2.24, 2.45) is 0 Å².